The van der Waals surface area contributed by atoms with E-state index in [1.165, 1.54) is 0 Å². The number of carbonyl (C=O) groups excluding carboxylic acids is 1. The van der Waals surface area contributed by atoms with Crippen LogP contribution in [0, 0.1) is 0 Å². The molecule has 2 rings (SSSR count). The molecule has 0 bridgehead atoms. The number of para-hydroxylation sites is 1. The van der Waals surface area contributed by atoms with E-state index in [9.17, 15) is 9.90 Å². The first kappa shape index (κ1) is 14.8. The number of benzene rings is 1. The Bertz CT molecular complexity index is 611. The topological polar surface area (TPSA) is 55.9 Å². The van der Waals surface area contributed by atoms with Gasteiger partial charge in [0.2, 0.25) is 0 Å². The van der Waals surface area contributed by atoms with Crippen molar-refractivity contribution in [3.05, 3.63) is 53.8 Å². The van der Waals surface area contributed by atoms with Crippen LogP contribution in [0.15, 0.2) is 48.2 Å². The molecule has 0 aliphatic carbocycles. The van der Waals surface area contributed by atoms with Crippen LogP contribution in [0.3, 0.4) is 0 Å². The molecule has 0 atom stereocenters. The molecule has 2 aromatic rings. The minimum atomic E-state index is -1.17. The number of aromatic nitrogens is 1. The van der Waals surface area contributed by atoms with Crippen LogP contribution in [0.2, 0.25) is 0 Å². The number of carboxylic acid groups (broad SMARTS) is 1. The van der Waals surface area contributed by atoms with Gasteiger partial charge in [0.05, 0.1) is 5.97 Å². The molecule has 0 fully saturated rings. The monoisotopic (exact) mass is 249 g/mol. The zero-order valence-electron chi connectivity index (χ0n) is 10.4. The molecule has 4 heteroatoms. The standard InChI is InChI=1S/C14H13NO2.Na/c1-10(8-14(16)17)6-7-11-9-15-13-5-3-2-4-12(11)13;/h2-9,15H,1H3,(H,16,17);/q;+1/p-1/b7-6+,10-8-;. The summed E-state index contributed by atoms with van der Waals surface area (Å²) in [6.45, 7) is 1.72. The smallest absolute Gasteiger partial charge is 0.545 e. The van der Waals surface area contributed by atoms with Gasteiger partial charge in [0.25, 0.3) is 0 Å². The van der Waals surface area contributed by atoms with Gasteiger partial charge < -0.3 is 14.9 Å². The van der Waals surface area contributed by atoms with Crippen molar-refractivity contribution in [2.24, 2.45) is 0 Å². The fourth-order valence-corrected chi connectivity index (χ4v) is 1.69. The fourth-order valence-electron chi connectivity index (χ4n) is 1.69. The van der Waals surface area contributed by atoms with E-state index in [0.29, 0.717) is 5.57 Å². The Balaban J connectivity index is 0.00000162. The van der Waals surface area contributed by atoms with Crippen LogP contribution in [-0.2, 0) is 4.79 Å². The molecule has 3 nitrogen and oxygen atoms in total. The maximum absolute atomic E-state index is 10.4. The second-order valence-corrected chi connectivity index (χ2v) is 3.83. The molecule has 0 saturated carbocycles. The van der Waals surface area contributed by atoms with Gasteiger partial charge in [-0.2, -0.15) is 0 Å². The van der Waals surface area contributed by atoms with E-state index >= 15 is 0 Å². The number of H-pyrrole nitrogens is 1. The van der Waals surface area contributed by atoms with Crippen LogP contribution in [0.25, 0.3) is 17.0 Å². The van der Waals surface area contributed by atoms with Crippen molar-refractivity contribution in [1.82, 2.24) is 4.98 Å². The summed E-state index contributed by atoms with van der Waals surface area (Å²) in [5.41, 5.74) is 2.75. The second kappa shape index (κ2) is 6.59. The molecule has 0 spiro atoms. The molecule has 0 unspecified atom stereocenters. The molecule has 1 aromatic carbocycles. The van der Waals surface area contributed by atoms with Crippen LogP contribution in [-0.4, -0.2) is 11.0 Å². The molecule has 0 aliphatic heterocycles. The molecule has 0 radical (unpaired) electrons. The number of carboxylic acids is 1. The van der Waals surface area contributed by atoms with Gasteiger partial charge in [0.15, 0.2) is 0 Å². The molecule has 0 aliphatic rings. The molecule has 1 aromatic heterocycles. The molecular weight excluding hydrogens is 237 g/mol. The number of hydrogen-bond donors (Lipinski definition) is 1. The van der Waals surface area contributed by atoms with E-state index in [1.807, 2.05) is 36.5 Å². The fraction of sp³-hybridized carbons (Fsp3) is 0.0714. The van der Waals surface area contributed by atoms with E-state index < -0.39 is 5.97 Å². The zero-order valence-corrected chi connectivity index (χ0v) is 12.4. The summed E-state index contributed by atoms with van der Waals surface area (Å²) in [5, 5.41) is 11.5. The van der Waals surface area contributed by atoms with Gasteiger partial charge >= 0.3 is 29.6 Å². The summed E-state index contributed by atoms with van der Waals surface area (Å²) in [7, 11) is 0. The number of rotatable bonds is 3. The largest absolute Gasteiger partial charge is 1.00 e. The van der Waals surface area contributed by atoms with Gasteiger partial charge in [-0.05, 0) is 30.2 Å². The average Bonchev–Trinajstić information content (AvgIpc) is 2.69. The Hall–Kier alpha value is -1.29. The first-order chi connectivity index (χ1) is 8.16. The van der Waals surface area contributed by atoms with Crippen molar-refractivity contribution in [3.63, 3.8) is 0 Å². The van der Waals surface area contributed by atoms with Crippen molar-refractivity contribution in [2.45, 2.75) is 6.92 Å². The molecular formula is C14H12NNaO2. The van der Waals surface area contributed by atoms with Crippen molar-refractivity contribution in [2.75, 3.05) is 0 Å². The maximum atomic E-state index is 10.4. The Morgan fingerprint density at radius 1 is 1.33 bits per heavy atom. The van der Waals surface area contributed by atoms with Gasteiger partial charge in [-0.25, -0.2) is 0 Å². The predicted molar refractivity (Wildman–Crippen MR) is 66.1 cm³/mol. The zero-order chi connectivity index (χ0) is 12.3. The van der Waals surface area contributed by atoms with Crippen molar-refractivity contribution < 1.29 is 39.5 Å². The molecule has 1 heterocycles. The third-order valence-corrected chi connectivity index (χ3v) is 2.49. The first-order valence-corrected chi connectivity index (χ1v) is 5.30. The summed E-state index contributed by atoms with van der Waals surface area (Å²) >= 11 is 0. The number of aliphatic carboxylic acids is 1. The normalized spacial score (nSPS) is 11.7. The third kappa shape index (κ3) is 3.60. The molecule has 0 saturated heterocycles. The second-order valence-electron chi connectivity index (χ2n) is 3.83. The Kier molecular flexibility index (Phi) is 5.41. The maximum Gasteiger partial charge on any atom is 1.00 e. The number of fused-ring (bicyclic) bond motifs is 1. The number of carbonyl (C=O) groups is 1. The van der Waals surface area contributed by atoms with Gasteiger partial charge in [0, 0.05) is 17.1 Å². The molecule has 18 heavy (non-hydrogen) atoms. The Morgan fingerprint density at radius 3 is 2.78 bits per heavy atom. The number of nitrogens with one attached hydrogen (secondary N) is 1. The first-order valence-electron chi connectivity index (χ1n) is 5.30. The van der Waals surface area contributed by atoms with Gasteiger partial charge in [-0.15, -0.1) is 0 Å². The van der Waals surface area contributed by atoms with Crippen molar-refractivity contribution in [3.8, 4) is 0 Å². The van der Waals surface area contributed by atoms with Crippen LogP contribution in [0.5, 0.6) is 0 Å². The molecule has 86 valence electrons. The van der Waals surface area contributed by atoms with Crippen LogP contribution >= 0.6 is 0 Å². The molecule has 0 amide bonds. The predicted octanol–water partition coefficient (Wildman–Crippen LogP) is -1.12. The van der Waals surface area contributed by atoms with Gasteiger partial charge in [-0.1, -0.05) is 30.4 Å². The SMILES string of the molecule is CC(=C/C(=O)[O-])/C=C/c1c[nH]c2ccccc12.[Na+]. The van der Waals surface area contributed by atoms with E-state index in [1.54, 1.807) is 13.0 Å². The average molecular weight is 249 g/mol. The quantitative estimate of drug-likeness (QED) is 0.426. The van der Waals surface area contributed by atoms with E-state index in [0.717, 1.165) is 22.5 Å². The van der Waals surface area contributed by atoms with Crippen molar-refractivity contribution >= 4 is 22.9 Å². The number of aromatic amines is 1. The summed E-state index contributed by atoms with van der Waals surface area (Å²) in [4.78, 5) is 13.5. The molecule has 1 N–H and O–H groups in total. The Labute approximate surface area is 128 Å². The van der Waals surface area contributed by atoms with Gasteiger partial charge in [-0.3, -0.25) is 0 Å². The van der Waals surface area contributed by atoms with Crippen LogP contribution in [0.4, 0.5) is 0 Å². The summed E-state index contributed by atoms with van der Waals surface area (Å²) in [5.74, 6) is -1.17. The van der Waals surface area contributed by atoms with Crippen molar-refractivity contribution in [1.29, 1.82) is 0 Å². The third-order valence-electron chi connectivity index (χ3n) is 2.49. The number of allylic oxidation sites excluding steroid dienone is 2. The number of hydrogen-bond acceptors (Lipinski definition) is 2. The van der Waals surface area contributed by atoms with Gasteiger partial charge in [0.1, 0.15) is 0 Å². The van der Waals surface area contributed by atoms with E-state index in [2.05, 4.69) is 4.98 Å². The van der Waals surface area contributed by atoms with Crippen LogP contribution in [0.1, 0.15) is 12.5 Å². The summed E-state index contributed by atoms with van der Waals surface area (Å²) < 4.78 is 0. The minimum absolute atomic E-state index is 0. The van der Waals surface area contributed by atoms with Crippen LogP contribution < -0.4 is 34.7 Å². The van der Waals surface area contributed by atoms with E-state index in [-0.39, 0.29) is 29.6 Å². The summed E-state index contributed by atoms with van der Waals surface area (Å²) in [6.07, 6.45) is 6.61. The summed E-state index contributed by atoms with van der Waals surface area (Å²) in [6, 6.07) is 7.95. The Morgan fingerprint density at radius 2 is 2.06 bits per heavy atom. The van der Waals surface area contributed by atoms with E-state index in [4.69, 9.17) is 0 Å². The minimum Gasteiger partial charge on any atom is -0.545 e.